The monoisotopic (exact) mass is 505 g/mol. The van der Waals surface area contributed by atoms with Crippen LogP contribution in [0.5, 0.6) is 0 Å². The van der Waals surface area contributed by atoms with Crippen LogP contribution in [0.4, 0.5) is 0 Å². The standard InChI is InChI=1S/C4H16NO17P5/c6-3-1-5(2-4-7)23(8,19-24(9,10)11)20-27(18,21-25(12,13)14)22-26(15,16)17/h6-7H,1-4H2,(H2,9,10,11)(H2,12,13,14)(H2,15,16,17). The van der Waals surface area contributed by atoms with Gasteiger partial charge in [-0.05, 0) is 0 Å². The summed E-state index contributed by atoms with van der Waals surface area (Å²) in [5, 5.41) is 17.7. The Labute approximate surface area is 150 Å². The second-order valence-electron chi connectivity index (χ2n) is 4.11. The van der Waals surface area contributed by atoms with Crippen molar-refractivity contribution in [3.63, 3.8) is 0 Å². The molecule has 0 saturated carbocycles. The van der Waals surface area contributed by atoms with Crippen molar-refractivity contribution in [1.82, 2.24) is 4.67 Å². The first-order valence-electron chi connectivity index (χ1n) is 6.04. The average Bonchev–Trinajstić information content (AvgIpc) is 2.30. The number of nitrogens with zero attached hydrogens (tertiary/aromatic N) is 1. The van der Waals surface area contributed by atoms with Gasteiger partial charge in [0.15, 0.2) is 0 Å². The van der Waals surface area contributed by atoms with Crippen LogP contribution in [0.15, 0.2) is 0 Å². The Morgan fingerprint density at radius 3 is 1.19 bits per heavy atom. The fraction of sp³-hybridized carbons (Fsp3) is 1.00. The number of phosphoric acid groups is 4. The van der Waals surface area contributed by atoms with Gasteiger partial charge < -0.3 is 39.6 Å². The fourth-order valence-corrected chi connectivity index (χ4v) is 8.49. The van der Waals surface area contributed by atoms with Crippen LogP contribution in [0.1, 0.15) is 0 Å². The van der Waals surface area contributed by atoms with Gasteiger partial charge in [-0.25, -0.2) is 27.5 Å². The number of aliphatic hydroxyl groups excluding tert-OH is 2. The maximum atomic E-state index is 12.6. The topological polar surface area (TPSA) is 287 Å². The van der Waals surface area contributed by atoms with E-state index in [0.717, 1.165) is 0 Å². The summed E-state index contributed by atoms with van der Waals surface area (Å²) in [5.74, 6) is 0. The molecule has 0 bridgehead atoms. The molecule has 0 aromatic heterocycles. The van der Waals surface area contributed by atoms with Crippen LogP contribution in [0.2, 0.25) is 0 Å². The summed E-state index contributed by atoms with van der Waals surface area (Å²) in [6.07, 6.45) is 0. The first-order valence-corrected chi connectivity index (χ1v) is 13.6. The molecule has 0 aliphatic rings. The molecule has 0 spiro atoms. The Hall–Kier alpha value is 0.630. The third kappa shape index (κ3) is 12.0. The van der Waals surface area contributed by atoms with Crippen molar-refractivity contribution in [3.05, 3.63) is 0 Å². The first-order chi connectivity index (χ1) is 11.8. The number of hydrogen-bond acceptors (Lipinski definition) is 11. The van der Waals surface area contributed by atoms with E-state index in [1.54, 1.807) is 0 Å². The molecule has 0 aromatic carbocycles. The van der Waals surface area contributed by atoms with Gasteiger partial charge in [0.05, 0.1) is 13.2 Å². The minimum atomic E-state index is -6.23. The van der Waals surface area contributed by atoms with E-state index < -0.39 is 65.3 Å². The van der Waals surface area contributed by atoms with Crippen LogP contribution in [0.3, 0.4) is 0 Å². The molecule has 8 N–H and O–H groups in total. The van der Waals surface area contributed by atoms with E-state index in [0.29, 0.717) is 0 Å². The van der Waals surface area contributed by atoms with Crippen molar-refractivity contribution in [2.75, 3.05) is 26.3 Å². The van der Waals surface area contributed by atoms with Gasteiger partial charge in [-0.2, -0.15) is 17.2 Å². The van der Waals surface area contributed by atoms with E-state index in [1.165, 1.54) is 0 Å². The van der Waals surface area contributed by atoms with E-state index in [9.17, 15) is 22.8 Å². The van der Waals surface area contributed by atoms with Crippen LogP contribution in [0.25, 0.3) is 0 Å². The highest BCUT2D eigenvalue weighted by Gasteiger charge is 2.52. The molecule has 0 amide bonds. The molecule has 18 nitrogen and oxygen atoms in total. The molecule has 0 aliphatic carbocycles. The second-order valence-corrected chi connectivity index (χ2v) is 12.1. The predicted molar refractivity (Wildman–Crippen MR) is 81.4 cm³/mol. The van der Waals surface area contributed by atoms with Crippen molar-refractivity contribution >= 4 is 39.0 Å². The largest absolute Gasteiger partial charge is 0.500 e. The van der Waals surface area contributed by atoms with Crippen LogP contribution in [0, 0.1) is 0 Å². The molecule has 27 heavy (non-hydrogen) atoms. The molecule has 0 saturated heterocycles. The van der Waals surface area contributed by atoms with Gasteiger partial charge in [0, 0.05) is 13.1 Å². The van der Waals surface area contributed by atoms with Crippen molar-refractivity contribution in [3.8, 4) is 0 Å². The minimum absolute atomic E-state index is 0.116. The summed E-state index contributed by atoms with van der Waals surface area (Å²) in [5.41, 5.74) is 0. The van der Waals surface area contributed by atoms with Gasteiger partial charge in [-0.15, -0.1) is 0 Å². The molecular formula is C4H16NO17P5. The third-order valence-electron chi connectivity index (χ3n) is 1.89. The Bertz CT molecular complexity index is 681. The normalized spacial score (nSPS) is 16.5. The van der Waals surface area contributed by atoms with Crippen LogP contribution < -0.4 is 0 Å². The van der Waals surface area contributed by atoms with Crippen molar-refractivity contribution < 1.29 is 79.6 Å². The molecule has 1 atom stereocenters. The molecule has 1 unspecified atom stereocenters. The van der Waals surface area contributed by atoms with E-state index >= 15 is 0 Å². The fourth-order valence-electron chi connectivity index (χ4n) is 1.27. The third-order valence-corrected chi connectivity index (χ3v) is 9.58. The van der Waals surface area contributed by atoms with Gasteiger partial charge in [0.2, 0.25) is 0 Å². The Balaban J connectivity index is 6.23. The SMILES string of the molecule is O=P(O)(O)OP(=O)(OP(=O)(O)O)OP(=O)(OP(=O)(O)O)N(CCO)CCO. The highest BCUT2D eigenvalue weighted by Crippen LogP contribution is 2.77. The molecule has 0 aromatic rings. The van der Waals surface area contributed by atoms with E-state index in [-0.39, 0.29) is 4.67 Å². The van der Waals surface area contributed by atoms with Crippen molar-refractivity contribution in [1.29, 1.82) is 0 Å². The van der Waals surface area contributed by atoms with E-state index in [4.69, 9.17) is 39.6 Å². The van der Waals surface area contributed by atoms with Crippen LogP contribution in [-0.2, 0) is 40.1 Å². The molecule has 23 heteroatoms. The van der Waals surface area contributed by atoms with Gasteiger partial charge >= 0.3 is 39.0 Å². The van der Waals surface area contributed by atoms with Gasteiger partial charge in [0.1, 0.15) is 0 Å². The Kier molecular flexibility index (Phi) is 10.3. The first kappa shape index (κ1) is 27.6. The zero-order valence-electron chi connectivity index (χ0n) is 12.8. The highest BCUT2D eigenvalue weighted by atomic mass is 31.3. The number of aliphatic hydroxyl groups is 2. The smallest absolute Gasteiger partial charge is 0.395 e. The van der Waals surface area contributed by atoms with Crippen molar-refractivity contribution in [2.45, 2.75) is 0 Å². The van der Waals surface area contributed by atoms with Gasteiger partial charge in [-0.3, -0.25) is 0 Å². The lowest BCUT2D eigenvalue weighted by molar-refractivity contribution is 0.162. The molecule has 0 rings (SSSR count). The lowest BCUT2D eigenvalue weighted by atomic mass is 10.6. The molecule has 0 heterocycles. The molecule has 164 valence electrons. The van der Waals surface area contributed by atoms with Gasteiger partial charge in [-0.1, -0.05) is 0 Å². The Morgan fingerprint density at radius 2 is 0.926 bits per heavy atom. The summed E-state index contributed by atoms with van der Waals surface area (Å²) in [4.78, 5) is 52.2. The van der Waals surface area contributed by atoms with Gasteiger partial charge in [0.25, 0.3) is 0 Å². The second kappa shape index (κ2) is 10.1. The highest BCUT2D eigenvalue weighted by molar-refractivity contribution is 7.73. The molecule has 0 aliphatic heterocycles. The summed E-state index contributed by atoms with van der Waals surface area (Å²) in [7, 11) is -29.6. The number of hydrogen-bond donors (Lipinski definition) is 8. The minimum Gasteiger partial charge on any atom is -0.395 e. The van der Waals surface area contributed by atoms with E-state index in [2.05, 4.69) is 17.2 Å². The summed E-state index contributed by atoms with van der Waals surface area (Å²) in [6.45, 7) is -3.57. The zero-order valence-corrected chi connectivity index (χ0v) is 17.2. The lowest BCUT2D eigenvalue weighted by Gasteiger charge is -2.30. The molecule has 0 fully saturated rings. The molecular weight excluding hydrogens is 489 g/mol. The quantitative estimate of drug-likeness (QED) is 0.137. The predicted octanol–water partition coefficient (Wildman–Crippen LogP) is -1.17. The molecule has 0 radical (unpaired) electrons. The van der Waals surface area contributed by atoms with Crippen LogP contribution >= 0.6 is 39.0 Å². The van der Waals surface area contributed by atoms with Crippen molar-refractivity contribution in [2.24, 2.45) is 0 Å². The summed E-state index contributed by atoms with van der Waals surface area (Å²) in [6, 6.07) is 0. The Morgan fingerprint density at radius 1 is 0.593 bits per heavy atom. The van der Waals surface area contributed by atoms with Crippen LogP contribution in [-0.4, -0.2) is 70.5 Å². The van der Waals surface area contributed by atoms with E-state index in [1.807, 2.05) is 0 Å². The average molecular weight is 505 g/mol. The lowest BCUT2D eigenvalue weighted by Crippen LogP contribution is -2.28. The summed E-state index contributed by atoms with van der Waals surface area (Å²) < 4.78 is 72.2. The summed E-state index contributed by atoms with van der Waals surface area (Å²) >= 11 is 0. The number of rotatable bonds is 13. The zero-order chi connectivity index (χ0) is 21.7. The maximum absolute atomic E-state index is 12.6. The maximum Gasteiger partial charge on any atom is 0.500 e.